The highest BCUT2D eigenvalue weighted by molar-refractivity contribution is 5.94. The molecule has 0 aliphatic heterocycles. The minimum absolute atomic E-state index is 0.0259. The summed E-state index contributed by atoms with van der Waals surface area (Å²) in [7, 11) is 0. The Kier molecular flexibility index (Phi) is 4.98. The van der Waals surface area contributed by atoms with Gasteiger partial charge in [0.1, 0.15) is 5.82 Å². The van der Waals surface area contributed by atoms with E-state index in [0.29, 0.717) is 5.56 Å². The van der Waals surface area contributed by atoms with Gasteiger partial charge in [0.15, 0.2) is 0 Å². The molecule has 0 saturated heterocycles. The molecule has 4 nitrogen and oxygen atoms in total. The maximum absolute atomic E-state index is 12.5. The maximum Gasteiger partial charge on any atom is 0.251 e. The highest BCUT2D eigenvalue weighted by Gasteiger charge is 2.13. The van der Waals surface area contributed by atoms with E-state index in [2.05, 4.69) is 33.9 Å². The topological polar surface area (TPSA) is 46.9 Å². The van der Waals surface area contributed by atoms with Crippen LogP contribution in [0.5, 0.6) is 0 Å². The molecule has 1 atom stereocenters. The van der Waals surface area contributed by atoms with E-state index in [1.165, 1.54) is 5.56 Å². The average Bonchev–Trinajstić information content (AvgIpc) is 3.00. The summed E-state index contributed by atoms with van der Waals surface area (Å²) < 4.78 is 2.08. The number of nitrogens with one attached hydrogen (secondary N) is 1. The largest absolute Gasteiger partial charge is 0.346 e. The van der Waals surface area contributed by atoms with E-state index in [4.69, 9.17) is 0 Å². The molecular formula is C21H23N3O. The quantitative estimate of drug-likeness (QED) is 0.766. The van der Waals surface area contributed by atoms with Gasteiger partial charge in [-0.05, 0) is 49.6 Å². The number of hydrogen-bond acceptors (Lipinski definition) is 2. The summed E-state index contributed by atoms with van der Waals surface area (Å²) >= 11 is 0. The standard InChI is InChI=1S/C21H23N3O/c1-15-6-4-5-7-20(15)16(2)23-21(25)19-10-8-18(9-11-19)14-24-13-12-22-17(24)3/h4-13,16H,14H2,1-3H3,(H,23,25)/t16-/m0/s1. The van der Waals surface area contributed by atoms with E-state index < -0.39 is 0 Å². The van der Waals surface area contributed by atoms with Crippen molar-refractivity contribution >= 4 is 5.91 Å². The van der Waals surface area contributed by atoms with Crippen LogP contribution in [-0.2, 0) is 6.54 Å². The van der Waals surface area contributed by atoms with Crippen molar-refractivity contribution < 1.29 is 4.79 Å². The smallest absolute Gasteiger partial charge is 0.251 e. The molecule has 3 rings (SSSR count). The third-order valence-corrected chi connectivity index (χ3v) is 4.50. The molecule has 0 radical (unpaired) electrons. The number of imidazole rings is 1. The first kappa shape index (κ1) is 17.0. The van der Waals surface area contributed by atoms with E-state index >= 15 is 0 Å². The van der Waals surface area contributed by atoms with Crippen LogP contribution in [0.1, 0.15) is 45.8 Å². The van der Waals surface area contributed by atoms with Crippen molar-refractivity contribution in [2.24, 2.45) is 0 Å². The fourth-order valence-electron chi connectivity index (χ4n) is 2.96. The monoisotopic (exact) mass is 333 g/mol. The fourth-order valence-corrected chi connectivity index (χ4v) is 2.96. The van der Waals surface area contributed by atoms with Gasteiger partial charge in [-0.2, -0.15) is 0 Å². The van der Waals surface area contributed by atoms with Gasteiger partial charge in [0.2, 0.25) is 0 Å². The van der Waals surface area contributed by atoms with Crippen molar-refractivity contribution in [3.8, 4) is 0 Å². The first-order valence-electron chi connectivity index (χ1n) is 8.47. The number of benzene rings is 2. The Hall–Kier alpha value is -2.88. The van der Waals surface area contributed by atoms with Gasteiger partial charge >= 0.3 is 0 Å². The van der Waals surface area contributed by atoms with Crippen LogP contribution >= 0.6 is 0 Å². The average molecular weight is 333 g/mol. The Morgan fingerprint density at radius 1 is 1.12 bits per heavy atom. The molecule has 4 heteroatoms. The van der Waals surface area contributed by atoms with Crippen LogP contribution in [0.25, 0.3) is 0 Å². The molecule has 25 heavy (non-hydrogen) atoms. The predicted octanol–water partition coefficient (Wildman–Crippen LogP) is 4.04. The van der Waals surface area contributed by atoms with Crippen molar-refractivity contribution in [2.45, 2.75) is 33.4 Å². The van der Waals surface area contributed by atoms with Gasteiger partial charge in [-0.3, -0.25) is 4.79 Å². The maximum atomic E-state index is 12.5. The van der Waals surface area contributed by atoms with E-state index in [1.807, 2.05) is 56.4 Å². The number of nitrogens with zero attached hydrogens (tertiary/aromatic N) is 2. The molecule has 128 valence electrons. The van der Waals surface area contributed by atoms with E-state index in [9.17, 15) is 4.79 Å². The second-order valence-electron chi connectivity index (χ2n) is 6.35. The van der Waals surface area contributed by atoms with Gasteiger partial charge < -0.3 is 9.88 Å². The third kappa shape index (κ3) is 3.97. The number of carbonyl (C=O) groups excluding carboxylic acids is 1. The van der Waals surface area contributed by atoms with Crippen molar-refractivity contribution in [1.29, 1.82) is 0 Å². The minimum Gasteiger partial charge on any atom is -0.346 e. The van der Waals surface area contributed by atoms with E-state index in [1.54, 1.807) is 6.20 Å². The first-order valence-corrected chi connectivity index (χ1v) is 8.47. The van der Waals surface area contributed by atoms with Crippen LogP contribution in [0.3, 0.4) is 0 Å². The molecule has 1 amide bonds. The van der Waals surface area contributed by atoms with Crippen LogP contribution in [0.4, 0.5) is 0 Å². The molecule has 1 N–H and O–H groups in total. The summed E-state index contributed by atoms with van der Waals surface area (Å²) in [5, 5.41) is 3.07. The minimum atomic E-state index is -0.0545. The lowest BCUT2D eigenvalue weighted by molar-refractivity contribution is 0.0940. The molecule has 0 saturated carbocycles. The second-order valence-corrected chi connectivity index (χ2v) is 6.35. The Morgan fingerprint density at radius 2 is 1.84 bits per heavy atom. The molecule has 0 unspecified atom stereocenters. The van der Waals surface area contributed by atoms with E-state index in [0.717, 1.165) is 23.5 Å². The second kappa shape index (κ2) is 7.34. The Balaban J connectivity index is 1.66. The zero-order valence-electron chi connectivity index (χ0n) is 14.9. The lowest BCUT2D eigenvalue weighted by Gasteiger charge is -2.16. The van der Waals surface area contributed by atoms with E-state index in [-0.39, 0.29) is 11.9 Å². The number of carbonyl (C=O) groups is 1. The first-order chi connectivity index (χ1) is 12.0. The SMILES string of the molecule is Cc1ccccc1[C@H](C)NC(=O)c1ccc(Cn2ccnc2C)cc1. The summed E-state index contributed by atoms with van der Waals surface area (Å²) in [4.78, 5) is 16.7. The Labute approximate surface area is 148 Å². The zero-order valence-corrected chi connectivity index (χ0v) is 14.9. The molecule has 0 spiro atoms. The molecule has 1 aromatic heterocycles. The molecule has 0 aliphatic rings. The van der Waals surface area contributed by atoms with Crippen molar-refractivity contribution in [3.63, 3.8) is 0 Å². The van der Waals surface area contributed by atoms with Gasteiger partial charge in [-0.1, -0.05) is 36.4 Å². The predicted molar refractivity (Wildman–Crippen MR) is 99.6 cm³/mol. The zero-order chi connectivity index (χ0) is 17.8. The summed E-state index contributed by atoms with van der Waals surface area (Å²) in [5.74, 6) is 0.926. The number of hydrogen-bond donors (Lipinski definition) is 1. The van der Waals surface area contributed by atoms with Crippen LogP contribution in [0, 0.1) is 13.8 Å². The number of aromatic nitrogens is 2. The van der Waals surface area contributed by atoms with Crippen molar-refractivity contribution in [1.82, 2.24) is 14.9 Å². The van der Waals surface area contributed by atoms with Crippen LogP contribution in [0.2, 0.25) is 0 Å². The number of rotatable bonds is 5. The molecular weight excluding hydrogens is 310 g/mol. The lowest BCUT2D eigenvalue weighted by Crippen LogP contribution is -2.27. The van der Waals surface area contributed by atoms with Crippen molar-refractivity contribution in [3.05, 3.63) is 89.0 Å². The van der Waals surface area contributed by atoms with Crippen LogP contribution < -0.4 is 5.32 Å². The van der Waals surface area contributed by atoms with Crippen LogP contribution in [-0.4, -0.2) is 15.5 Å². The Morgan fingerprint density at radius 3 is 2.48 bits per heavy atom. The van der Waals surface area contributed by atoms with Gasteiger partial charge in [0.05, 0.1) is 6.04 Å². The summed E-state index contributed by atoms with van der Waals surface area (Å²) in [6.45, 7) is 6.81. The van der Waals surface area contributed by atoms with Crippen LogP contribution in [0.15, 0.2) is 60.9 Å². The van der Waals surface area contributed by atoms with Gasteiger partial charge in [-0.25, -0.2) is 4.98 Å². The molecule has 1 heterocycles. The lowest BCUT2D eigenvalue weighted by atomic mass is 10.0. The van der Waals surface area contributed by atoms with Gasteiger partial charge in [0, 0.05) is 24.5 Å². The molecule has 0 fully saturated rings. The summed E-state index contributed by atoms with van der Waals surface area (Å²) in [6, 6.07) is 15.8. The normalized spacial score (nSPS) is 12.0. The third-order valence-electron chi connectivity index (χ3n) is 4.50. The summed E-state index contributed by atoms with van der Waals surface area (Å²) in [6.07, 6.45) is 3.75. The number of amides is 1. The Bertz CT molecular complexity index is 865. The molecule has 3 aromatic rings. The molecule has 0 aliphatic carbocycles. The highest BCUT2D eigenvalue weighted by atomic mass is 16.1. The van der Waals surface area contributed by atoms with Gasteiger partial charge in [-0.15, -0.1) is 0 Å². The molecule has 0 bridgehead atoms. The molecule has 2 aromatic carbocycles. The summed E-state index contributed by atoms with van der Waals surface area (Å²) in [5.41, 5.74) is 4.14. The number of aryl methyl sites for hydroxylation is 2. The van der Waals surface area contributed by atoms with Gasteiger partial charge in [0.25, 0.3) is 5.91 Å². The van der Waals surface area contributed by atoms with Crippen molar-refractivity contribution in [2.75, 3.05) is 0 Å². The fraction of sp³-hybridized carbons (Fsp3) is 0.238. The highest BCUT2D eigenvalue weighted by Crippen LogP contribution is 2.17.